The maximum absolute atomic E-state index is 5.70. The molecular weight excluding hydrogens is 212 g/mol. The molecule has 3 unspecified atom stereocenters. The molecule has 0 saturated carbocycles. The molecule has 0 amide bonds. The third-order valence-electron chi connectivity index (χ3n) is 4.79. The van der Waals surface area contributed by atoms with Crippen LogP contribution in [-0.4, -0.2) is 49.8 Å². The first kappa shape index (κ1) is 11.9. The van der Waals surface area contributed by atoms with Gasteiger partial charge in [0.05, 0.1) is 6.10 Å². The topological polar surface area (TPSA) is 24.5 Å². The summed E-state index contributed by atoms with van der Waals surface area (Å²) in [6.07, 6.45) is 8.62. The molecule has 3 aliphatic heterocycles. The lowest BCUT2D eigenvalue weighted by atomic mass is 9.92. The van der Waals surface area contributed by atoms with E-state index in [9.17, 15) is 0 Å². The van der Waals surface area contributed by atoms with E-state index in [0.29, 0.717) is 6.10 Å². The first-order chi connectivity index (χ1) is 8.43. The second-order valence-electron chi connectivity index (χ2n) is 5.94. The Hall–Kier alpha value is -0.120. The third kappa shape index (κ3) is 2.83. The van der Waals surface area contributed by atoms with E-state index in [0.717, 1.165) is 18.6 Å². The summed E-state index contributed by atoms with van der Waals surface area (Å²) in [4.78, 5) is 2.74. The summed E-state index contributed by atoms with van der Waals surface area (Å²) >= 11 is 0. The minimum absolute atomic E-state index is 0.581. The van der Waals surface area contributed by atoms with Crippen LogP contribution in [0.2, 0.25) is 0 Å². The fourth-order valence-corrected chi connectivity index (χ4v) is 3.84. The van der Waals surface area contributed by atoms with E-state index in [-0.39, 0.29) is 0 Å². The van der Waals surface area contributed by atoms with Gasteiger partial charge in [-0.15, -0.1) is 0 Å². The largest absolute Gasteiger partial charge is 0.378 e. The first-order valence-corrected chi connectivity index (χ1v) is 7.50. The van der Waals surface area contributed by atoms with Gasteiger partial charge in [0.1, 0.15) is 0 Å². The molecule has 0 aromatic rings. The van der Waals surface area contributed by atoms with Crippen LogP contribution in [0.1, 0.15) is 38.5 Å². The molecule has 0 aromatic carbocycles. The zero-order valence-corrected chi connectivity index (χ0v) is 10.9. The molecule has 3 aliphatic rings. The van der Waals surface area contributed by atoms with Gasteiger partial charge in [-0.2, -0.15) is 0 Å². The van der Waals surface area contributed by atoms with Crippen LogP contribution in [-0.2, 0) is 4.74 Å². The number of nitrogens with zero attached hydrogens (tertiary/aromatic N) is 1. The highest BCUT2D eigenvalue weighted by atomic mass is 16.5. The molecule has 3 rings (SSSR count). The molecule has 1 N–H and O–H groups in total. The SMILES string of the molecule is C1COC(CCCN2CCCC3CNCC32)C1. The molecule has 3 heterocycles. The molecule has 0 spiro atoms. The summed E-state index contributed by atoms with van der Waals surface area (Å²) in [6.45, 7) is 6.11. The van der Waals surface area contributed by atoms with Gasteiger partial charge in [-0.3, -0.25) is 4.90 Å². The van der Waals surface area contributed by atoms with Crippen molar-refractivity contribution in [1.82, 2.24) is 10.2 Å². The van der Waals surface area contributed by atoms with E-state index in [4.69, 9.17) is 4.74 Å². The number of piperidine rings is 1. The highest BCUT2D eigenvalue weighted by molar-refractivity contribution is 4.91. The van der Waals surface area contributed by atoms with Gasteiger partial charge in [-0.25, -0.2) is 0 Å². The van der Waals surface area contributed by atoms with Crippen molar-refractivity contribution in [2.24, 2.45) is 5.92 Å². The van der Waals surface area contributed by atoms with Gasteiger partial charge >= 0.3 is 0 Å². The monoisotopic (exact) mass is 238 g/mol. The maximum Gasteiger partial charge on any atom is 0.0576 e. The summed E-state index contributed by atoms with van der Waals surface area (Å²) in [6, 6.07) is 0.841. The van der Waals surface area contributed by atoms with Crippen molar-refractivity contribution in [3.05, 3.63) is 0 Å². The van der Waals surface area contributed by atoms with Crippen LogP contribution in [0.4, 0.5) is 0 Å². The van der Waals surface area contributed by atoms with Gasteiger partial charge in [0, 0.05) is 19.2 Å². The molecule has 3 heteroatoms. The predicted molar refractivity (Wildman–Crippen MR) is 69.2 cm³/mol. The fourth-order valence-electron chi connectivity index (χ4n) is 3.84. The summed E-state index contributed by atoms with van der Waals surface area (Å²) in [5.41, 5.74) is 0. The Balaban J connectivity index is 1.41. The Labute approximate surface area is 105 Å². The lowest BCUT2D eigenvalue weighted by molar-refractivity contribution is 0.0866. The van der Waals surface area contributed by atoms with E-state index in [2.05, 4.69) is 10.2 Å². The number of nitrogens with one attached hydrogen (secondary N) is 1. The van der Waals surface area contributed by atoms with Crippen molar-refractivity contribution in [2.45, 2.75) is 50.7 Å². The average molecular weight is 238 g/mol. The Morgan fingerprint density at radius 1 is 1.18 bits per heavy atom. The highest BCUT2D eigenvalue weighted by Gasteiger charge is 2.34. The van der Waals surface area contributed by atoms with Crippen molar-refractivity contribution in [1.29, 1.82) is 0 Å². The molecule has 17 heavy (non-hydrogen) atoms. The molecule has 3 nitrogen and oxygen atoms in total. The van der Waals surface area contributed by atoms with Crippen molar-refractivity contribution in [2.75, 3.05) is 32.8 Å². The fraction of sp³-hybridized carbons (Fsp3) is 1.00. The van der Waals surface area contributed by atoms with E-state index in [1.165, 1.54) is 64.7 Å². The molecule has 3 atom stereocenters. The molecule has 0 radical (unpaired) electrons. The Morgan fingerprint density at radius 2 is 2.18 bits per heavy atom. The lowest BCUT2D eigenvalue weighted by Gasteiger charge is -2.37. The number of hydrogen-bond donors (Lipinski definition) is 1. The molecule has 98 valence electrons. The number of likely N-dealkylation sites (tertiary alicyclic amines) is 1. The van der Waals surface area contributed by atoms with Crippen LogP contribution >= 0.6 is 0 Å². The van der Waals surface area contributed by atoms with Crippen molar-refractivity contribution >= 4 is 0 Å². The smallest absolute Gasteiger partial charge is 0.0576 e. The van der Waals surface area contributed by atoms with E-state index in [1.807, 2.05) is 0 Å². The molecule has 3 saturated heterocycles. The van der Waals surface area contributed by atoms with Gasteiger partial charge in [0.15, 0.2) is 0 Å². The number of rotatable bonds is 4. The van der Waals surface area contributed by atoms with Crippen LogP contribution in [0.25, 0.3) is 0 Å². The lowest BCUT2D eigenvalue weighted by Crippen LogP contribution is -2.45. The van der Waals surface area contributed by atoms with Gasteiger partial charge in [0.25, 0.3) is 0 Å². The summed E-state index contributed by atoms with van der Waals surface area (Å²) < 4.78 is 5.70. The second kappa shape index (κ2) is 5.68. The Morgan fingerprint density at radius 3 is 3.06 bits per heavy atom. The predicted octanol–water partition coefficient (Wildman–Crippen LogP) is 1.63. The summed E-state index contributed by atoms with van der Waals surface area (Å²) in [5, 5.41) is 3.56. The zero-order valence-electron chi connectivity index (χ0n) is 10.9. The standard InChI is InChI=1S/C14H26N2O/c1-4-12-10-15-11-14(12)16(7-1)8-2-5-13-6-3-9-17-13/h12-15H,1-11H2. The Bertz CT molecular complexity index is 240. The van der Waals surface area contributed by atoms with Gasteiger partial charge in [0.2, 0.25) is 0 Å². The molecule has 0 aliphatic carbocycles. The number of hydrogen-bond acceptors (Lipinski definition) is 3. The van der Waals surface area contributed by atoms with Crippen molar-refractivity contribution < 1.29 is 4.74 Å². The quantitative estimate of drug-likeness (QED) is 0.805. The van der Waals surface area contributed by atoms with Crippen LogP contribution in [0.15, 0.2) is 0 Å². The molecular formula is C14H26N2O. The Kier molecular flexibility index (Phi) is 3.99. The summed E-state index contributed by atoms with van der Waals surface area (Å²) in [5.74, 6) is 0.937. The minimum Gasteiger partial charge on any atom is -0.378 e. The van der Waals surface area contributed by atoms with Crippen LogP contribution < -0.4 is 5.32 Å². The highest BCUT2D eigenvalue weighted by Crippen LogP contribution is 2.27. The van der Waals surface area contributed by atoms with Crippen LogP contribution in [0.5, 0.6) is 0 Å². The third-order valence-corrected chi connectivity index (χ3v) is 4.79. The van der Waals surface area contributed by atoms with E-state index >= 15 is 0 Å². The molecule has 3 fully saturated rings. The van der Waals surface area contributed by atoms with Gasteiger partial charge < -0.3 is 10.1 Å². The van der Waals surface area contributed by atoms with Gasteiger partial charge in [-0.1, -0.05) is 0 Å². The van der Waals surface area contributed by atoms with Gasteiger partial charge in [-0.05, 0) is 64.1 Å². The zero-order chi connectivity index (χ0) is 11.5. The molecule has 0 aromatic heterocycles. The maximum atomic E-state index is 5.70. The van der Waals surface area contributed by atoms with Crippen molar-refractivity contribution in [3.63, 3.8) is 0 Å². The van der Waals surface area contributed by atoms with Crippen LogP contribution in [0, 0.1) is 5.92 Å². The molecule has 0 bridgehead atoms. The summed E-state index contributed by atoms with van der Waals surface area (Å²) in [7, 11) is 0. The second-order valence-corrected chi connectivity index (χ2v) is 5.94. The van der Waals surface area contributed by atoms with E-state index in [1.54, 1.807) is 0 Å². The van der Waals surface area contributed by atoms with E-state index < -0.39 is 0 Å². The number of fused-ring (bicyclic) bond motifs is 1. The number of ether oxygens (including phenoxy) is 1. The minimum atomic E-state index is 0.581. The average Bonchev–Trinajstić information content (AvgIpc) is 2.99. The first-order valence-electron chi connectivity index (χ1n) is 7.50. The normalized spacial score (nSPS) is 38.5. The van der Waals surface area contributed by atoms with Crippen LogP contribution in [0.3, 0.4) is 0 Å². The van der Waals surface area contributed by atoms with Crippen molar-refractivity contribution in [3.8, 4) is 0 Å².